The van der Waals surface area contributed by atoms with E-state index in [0.717, 1.165) is 6.54 Å². The SMILES string of the molecule is CCN(C)[C@H](C)C(=O)c1ccc2c(c1)OCO2. The normalized spacial score (nSPS) is 15.1. The Bertz CT molecular complexity index is 431. The first kappa shape index (κ1) is 11.9. The molecule has 2 rings (SSSR count). The van der Waals surface area contributed by atoms with Crippen LogP contribution < -0.4 is 9.47 Å². The van der Waals surface area contributed by atoms with Gasteiger partial charge in [-0.3, -0.25) is 9.69 Å². The van der Waals surface area contributed by atoms with E-state index in [1.165, 1.54) is 0 Å². The monoisotopic (exact) mass is 235 g/mol. The fraction of sp³-hybridized carbons (Fsp3) is 0.462. The topological polar surface area (TPSA) is 38.8 Å². The van der Waals surface area contributed by atoms with Crippen molar-refractivity contribution in [2.24, 2.45) is 0 Å². The average Bonchev–Trinajstić information content (AvgIpc) is 2.83. The predicted molar refractivity (Wildman–Crippen MR) is 64.7 cm³/mol. The van der Waals surface area contributed by atoms with Crippen LogP contribution in [0.5, 0.6) is 11.5 Å². The Morgan fingerprint density at radius 3 is 2.82 bits per heavy atom. The molecule has 0 saturated heterocycles. The van der Waals surface area contributed by atoms with Gasteiger partial charge in [-0.15, -0.1) is 0 Å². The summed E-state index contributed by atoms with van der Waals surface area (Å²) in [5.74, 6) is 1.47. The van der Waals surface area contributed by atoms with Gasteiger partial charge in [-0.25, -0.2) is 0 Å². The average molecular weight is 235 g/mol. The Labute approximate surface area is 101 Å². The first-order valence-corrected chi connectivity index (χ1v) is 5.77. The van der Waals surface area contributed by atoms with Gasteiger partial charge in [-0.1, -0.05) is 6.92 Å². The number of Topliss-reactive ketones (excluding diaryl/α,β-unsaturated/α-hetero) is 1. The molecule has 0 radical (unpaired) electrons. The Morgan fingerprint density at radius 2 is 2.12 bits per heavy atom. The molecule has 0 spiro atoms. The number of ketones is 1. The first-order valence-electron chi connectivity index (χ1n) is 5.77. The van der Waals surface area contributed by atoms with E-state index in [-0.39, 0.29) is 18.6 Å². The molecule has 1 aliphatic rings. The maximum Gasteiger partial charge on any atom is 0.231 e. The van der Waals surface area contributed by atoms with Crippen LogP contribution in [-0.4, -0.2) is 37.1 Å². The zero-order valence-electron chi connectivity index (χ0n) is 10.4. The summed E-state index contributed by atoms with van der Waals surface area (Å²) >= 11 is 0. The summed E-state index contributed by atoms with van der Waals surface area (Å²) in [6.07, 6.45) is 0. The van der Waals surface area contributed by atoms with Gasteiger partial charge in [0.1, 0.15) is 0 Å². The van der Waals surface area contributed by atoms with Crippen LogP contribution in [0.2, 0.25) is 0 Å². The molecule has 1 heterocycles. The molecule has 1 aromatic carbocycles. The predicted octanol–water partition coefficient (Wildman–Crippen LogP) is 1.94. The summed E-state index contributed by atoms with van der Waals surface area (Å²) in [4.78, 5) is 14.2. The zero-order valence-corrected chi connectivity index (χ0v) is 10.4. The second-order valence-electron chi connectivity index (χ2n) is 4.18. The molecule has 0 N–H and O–H groups in total. The molecule has 1 aliphatic heterocycles. The van der Waals surface area contributed by atoms with E-state index in [1.807, 2.05) is 25.8 Å². The van der Waals surface area contributed by atoms with Crippen LogP contribution in [0.4, 0.5) is 0 Å². The van der Waals surface area contributed by atoms with Crippen molar-refractivity contribution >= 4 is 5.78 Å². The lowest BCUT2D eigenvalue weighted by atomic mass is 10.0. The van der Waals surface area contributed by atoms with Gasteiger partial charge in [0.15, 0.2) is 17.3 Å². The van der Waals surface area contributed by atoms with Crippen molar-refractivity contribution < 1.29 is 14.3 Å². The molecule has 1 atom stereocenters. The molecule has 0 bridgehead atoms. The number of carbonyl (C=O) groups is 1. The number of hydrogen-bond donors (Lipinski definition) is 0. The highest BCUT2D eigenvalue weighted by atomic mass is 16.7. The van der Waals surface area contributed by atoms with Crippen molar-refractivity contribution in [1.29, 1.82) is 0 Å². The Kier molecular flexibility index (Phi) is 3.33. The van der Waals surface area contributed by atoms with Crippen molar-refractivity contribution in [3.8, 4) is 11.5 Å². The van der Waals surface area contributed by atoms with Crippen LogP contribution in [0, 0.1) is 0 Å². The molecule has 0 fully saturated rings. The molecule has 0 amide bonds. The molecular weight excluding hydrogens is 218 g/mol. The van der Waals surface area contributed by atoms with Crippen LogP contribution >= 0.6 is 0 Å². The summed E-state index contributed by atoms with van der Waals surface area (Å²) in [6.45, 7) is 5.02. The lowest BCUT2D eigenvalue weighted by molar-refractivity contribution is 0.0873. The summed E-state index contributed by atoms with van der Waals surface area (Å²) in [6, 6.07) is 5.20. The first-order chi connectivity index (χ1) is 8.13. The quantitative estimate of drug-likeness (QED) is 0.748. The fourth-order valence-corrected chi connectivity index (χ4v) is 1.77. The van der Waals surface area contributed by atoms with E-state index in [0.29, 0.717) is 17.1 Å². The second kappa shape index (κ2) is 4.75. The molecule has 0 aliphatic carbocycles. The third-order valence-electron chi connectivity index (χ3n) is 3.20. The number of likely N-dealkylation sites (N-methyl/N-ethyl adjacent to an activating group) is 1. The minimum atomic E-state index is -0.125. The van der Waals surface area contributed by atoms with E-state index in [2.05, 4.69) is 0 Å². The molecule has 0 unspecified atom stereocenters. The van der Waals surface area contributed by atoms with Crippen molar-refractivity contribution in [1.82, 2.24) is 4.90 Å². The fourth-order valence-electron chi connectivity index (χ4n) is 1.77. The third-order valence-corrected chi connectivity index (χ3v) is 3.20. The maximum atomic E-state index is 12.2. The van der Waals surface area contributed by atoms with Crippen LogP contribution in [-0.2, 0) is 0 Å². The van der Waals surface area contributed by atoms with E-state index in [9.17, 15) is 4.79 Å². The van der Waals surface area contributed by atoms with Gasteiger partial charge in [0, 0.05) is 5.56 Å². The van der Waals surface area contributed by atoms with Gasteiger partial charge >= 0.3 is 0 Å². The van der Waals surface area contributed by atoms with E-state index in [1.54, 1.807) is 18.2 Å². The smallest absolute Gasteiger partial charge is 0.231 e. The molecule has 4 nitrogen and oxygen atoms in total. The minimum absolute atomic E-state index is 0.104. The Morgan fingerprint density at radius 1 is 1.41 bits per heavy atom. The molecule has 1 aromatic rings. The summed E-state index contributed by atoms with van der Waals surface area (Å²) in [5, 5.41) is 0. The lowest BCUT2D eigenvalue weighted by Crippen LogP contribution is -2.35. The minimum Gasteiger partial charge on any atom is -0.454 e. The number of benzene rings is 1. The Hall–Kier alpha value is -1.55. The molecular formula is C13H17NO3. The van der Waals surface area contributed by atoms with Crippen LogP contribution in [0.15, 0.2) is 18.2 Å². The molecule has 92 valence electrons. The largest absolute Gasteiger partial charge is 0.454 e. The zero-order chi connectivity index (χ0) is 12.4. The standard InChI is InChI=1S/C13H17NO3/c1-4-14(3)9(2)13(15)10-5-6-11-12(7-10)17-8-16-11/h5-7,9H,4,8H2,1-3H3/t9-/m1/s1. The number of carbonyl (C=O) groups excluding carboxylic acids is 1. The van der Waals surface area contributed by atoms with Gasteiger partial charge in [0.25, 0.3) is 0 Å². The van der Waals surface area contributed by atoms with Gasteiger partial charge in [-0.2, -0.15) is 0 Å². The number of hydrogen-bond acceptors (Lipinski definition) is 4. The number of nitrogens with zero attached hydrogens (tertiary/aromatic N) is 1. The van der Waals surface area contributed by atoms with E-state index >= 15 is 0 Å². The molecule has 17 heavy (non-hydrogen) atoms. The van der Waals surface area contributed by atoms with Gasteiger partial charge in [-0.05, 0) is 38.7 Å². The number of fused-ring (bicyclic) bond motifs is 1. The summed E-state index contributed by atoms with van der Waals surface area (Å²) in [5.41, 5.74) is 0.669. The van der Waals surface area contributed by atoms with E-state index in [4.69, 9.17) is 9.47 Å². The molecule has 4 heteroatoms. The van der Waals surface area contributed by atoms with Crippen LogP contribution in [0.1, 0.15) is 24.2 Å². The third kappa shape index (κ3) is 2.26. The van der Waals surface area contributed by atoms with Crippen LogP contribution in [0.3, 0.4) is 0 Å². The van der Waals surface area contributed by atoms with Crippen molar-refractivity contribution in [3.05, 3.63) is 23.8 Å². The second-order valence-corrected chi connectivity index (χ2v) is 4.18. The van der Waals surface area contributed by atoms with Gasteiger partial charge in [0.05, 0.1) is 6.04 Å². The van der Waals surface area contributed by atoms with Crippen molar-refractivity contribution in [3.63, 3.8) is 0 Å². The highest BCUT2D eigenvalue weighted by Gasteiger charge is 2.21. The highest BCUT2D eigenvalue weighted by Crippen LogP contribution is 2.32. The van der Waals surface area contributed by atoms with E-state index < -0.39 is 0 Å². The molecule has 0 aromatic heterocycles. The molecule has 0 saturated carbocycles. The van der Waals surface area contributed by atoms with Crippen molar-refractivity contribution in [2.75, 3.05) is 20.4 Å². The summed E-state index contributed by atoms with van der Waals surface area (Å²) < 4.78 is 10.5. The number of ether oxygens (including phenoxy) is 2. The van der Waals surface area contributed by atoms with Gasteiger partial charge < -0.3 is 9.47 Å². The van der Waals surface area contributed by atoms with Crippen LogP contribution in [0.25, 0.3) is 0 Å². The summed E-state index contributed by atoms with van der Waals surface area (Å²) in [7, 11) is 1.94. The number of rotatable bonds is 4. The Balaban J connectivity index is 2.20. The highest BCUT2D eigenvalue weighted by molar-refractivity contribution is 6.00. The van der Waals surface area contributed by atoms with Gasteiger partial charge in [0.2, 0.25) is 6.79 Å². The maximum absolute atomic E-state index is 12.2. The van der Waals surface area contributed by atoms with Crippen molar-refractivity contribution in [2.45, 2.75) is 19.9 Å². The lowest BCUT2D eigenvalue weighted by Gasteiger charge is -2.21.